The zero-order valence-electron chi connectivity index (χ0n) is 17.9. The largest absolute Gasteiger partial charge is 0.493 e. The van der Waals surface area contributed by atoms with Crippen molar-refractivity contribution in [3.05, 3.63) is 54.0 Å². The summed E-state index contributed by atoms with van der Waals surface area (Å²) in [5.41, 5.74) is -0.0369. The maximum Gasteiger partial charge on any atom is 0.191 e. The van der Waals surface area contributed by atoms with E-state index in [9.17, 15) is 5.11 Å². The quantitative estimate of drug-likeness (QED) is 0.261. The van der Waals surface area contributed by atoms with Crippen LogP contribution in [0.3, 0.4) is 0 Å². The third kappa shape index (κ3) is 8.26. The van der Waals surface area contributed by atoms with Gasteiger partial charge in [0.1, 0.15) is 17.1 Å². The Kier molecular flexibility index (Phi) is 10.5. The van der Waals surface area contributed by atoms with Crippen molar-refractivity contribution in [2.24, 2.45) is 10.9 Å². The fourth-order valence-electron chi connectivity index (χ4n) is 2.62. The second-order valence-electron chi connectivity index (χ2n) is 7.59. The van der Waals surface area contributed by atoms with E-state index in [1.807, 2.05) is 19.1 Å². The van der Waals surface area contributed by atoms with Crippen LogP contribution in [-0.2, 0) is 5.60 Å². The van der Waals surface area contributed by atoms with Crippen molar-refractivity contribution in [1.82, 2.24) is 10.6 Å². The molecule has 7 heteroatoms. The predicted molar refractivity (Wildman–Crippen MR) is 128 cm³/mol. The first kappa shape index (κ1) is 25.3. The van der Waals surface area contributed by atoms with Crippen LogP contribution in [0.25, 0.3) is 0 Å². The Bertz CT molecular complexity index is 728. The number of hydrogen-bond donors (Lipinski definition) is 3. The number of ether oxygens (including phenoxy) is 1. The first-order chi connectivity index (χ1) is 13.3. The summed E-state index contributed by atoms with van der Waals surface area (Å²) >= 11 is 0. The van der Waals surface area contributed by atoms with Gasteiger partial charge < -0.3 is 24.9 Å². The van der Waals surface area contributed by atoms with Crippen LogP contribution in [0.1, 0.15) is 52.0 Å². The van der Waals surface area contributed by atoms with E-state index < -0.39 is 5.60 Å². The first-order valence-electron chi connectivity index (χ1n) is 9.85. The highest BCUT2D eigenvalue weighted by Crippen LogP contribution is 2.21. The monoisotopic (exact) mass is 515 g/mol. The van der Waals surface area contributed by atoms with Crippen LogP contribution in [0.4, 0.5) is 0 Å². The van der Waals surface area contributed by atoms with Gasteiger partial charge in [-0.3, -0.25) is 0 Å². The minimum atomic E-state index is -1.16. The van der Waals surface area contributed by atoms with E-state index >= 15 is 0 Å². The number of halogens is 1. The summed E-state index contributed by atoms with van der Waals surface area (Å²) in [4.78, 5) is 4.53. The van der Waals surface area contributed by atoms with Crippen molar-refractivity contribution in [1.29, 1.82) is 0 Å². The molecule has 3 N–H and O–H groups in total. The second kappa shape index (κ2) is 12.1. The average molecular weight is 515 g/mol. The normalized spacial score (nSPS) is 14.7. The van der Waals surface area contributed by atoms with Gasteiger partial charge in [-0.05, 0) is 56.5 Å². The number of aliphatic imine (C=N–C) groups is 1. The maximum absolute atomic E-state index is 10.6. The van der Waals surface area contributed by atoms with Crippen molar-refractivity contribution < 1.29 is 14.3 Å². The Balaban J connectivity index is 0.00000420. The highest BCUT2D eigenvalue weighted by molar-refractivity contribution is 14.0. The summed E-state index contributed by atoms with van der Waals surface area (Å²) in [7, 11) is 0. The number of nitrogens with one attached hydrogen (secondary N) is 2. The molecule has 0 bridgehead atoms. The molecule has 2 aromatic rings. The van der Waals surface area contributed by atoms with E-state index in [2.05, 4.69) is 48.5 Å². The number of benzene rings is 1. The molecule has 1 heterocycles. The van der Waals surface area contributed by atoms with Crippen LogP contribution >= 0.6 is 24.0 Å². The molecule has 0 fully saturated rings. The Hall–Kier alpha value is -1.74. The summed E-state index contributed by atoms with van der Waals surface area (Å²) in [5.74, 6) is 2.51. The van der Waals surface area contributed by atoms with Crippen LogP contribution in [0, 0.1) is 5.92 Å². The molecule has 1 aromatic carbocycles. The number of hydrogen-bond acceptors (Lipinski definition) is 4. The molecule has 0 radical (unpaired) electrons. The molecule has 0 aliphatic rings. The van der Waals surface area contributed by atoms with E-state index in [1.165, 1.54) is 0 Å². The molecule has 2 rings (SSSR count). The Morgan fingerprint density at radius 1 is 1.21 bits per heavy atom. The van der Waals surface area contributed by atoms with Crippen molar-refractivity contribution in [3.8, 4) is 5.75 Å². The molecule has 162 valence electrons. The van der Waals surface area contributed by atoms with Gasteiger partial charge in [0.25, 0.3) is 0 Å². The predicted octanol–water partition coefficient (Wildman–Crippen LogP) is 4.46. The van der Waals surface area contributed by atoms with Crippen LogP contribution in [0.5, 0.6) is 5.75 Å². The van der Waals surface area contributed by atoms with E-state index in [-0.39, 0.29) is 36.6 Å². The Morgan fingerprint density at radius 2 is 1.90 bits per heavy atom. The lowest BCUT2D eigenvalue weighted by atomic mass is 10.0. The first-order valence-corrected chi connectivity index (χ1v) is 9.85. The summed E-state index contributed by atoms with van der Waals surface area (Å²) in [6.45, 7) is 11.7. The van der Waals surface area contributed by atoms with E-state index in [0.29, 0.717) is 24.2 Å². The molecule has 0 saturated carbocycles. The Morgan fingerprint density at radius 3 is 2.45 bits per heavy atom. The molecule has 0 amide bonds. The van der Waals surface area contributed by atoms with Gasteiger partial charge in [0.2, 0.25) is 0 Å². The highest BCUT2D eigenvalue weighted by Gasteiger charge is 2.26. The van der Waals surface area contributed by atoms with Gasteiger partial charge in [-0.25, -0.2) is 4.99 Å². The lowest BCUT2D eigenvalue weighted by Gasteiger charge is -2.22. The van der Waals surface area contributed by atoms with Gasteiger partial charge in [-0.1, -0.05) is 26.0 Å². The maximum atomic E-state index is 10.6. The van der Waals surface area contributed by atoms with E-state index in [4.69, 9.17) is 9.15 Å². The smallest absolute Gasteiger partial charge is 0.191 e. The van der Waals surface area contributed by atoms with Gasteiger partial charge in [-0.2, -0.15) is 0 Å². The summed E-state index contributed by atoms with van der Waals surface area (Å²) in [5, 5.41) is 17.2. The molecule has 0 spiro atoms. The average Bonchev–Trinajstić information content (AvgIpc) is 3.21. The third-order valence-corrected chi connectivity index (χ3v) is 4.26. The SMILES string of the molecule is CCNC(=NCC(C)(O)c1ccco1)NC(C)c1ccc(OCC(C)C)cc1.I. The van der Waals surface area contributed by atoms with Gasteiger partial charge in [0.05, 0.1) is 25.5 Å². The van der Waals surface area contributed by atoms with Crippen molar-refractivity contribution in [2.75, 3.05) is 19.7 Å². The van der Waals surface area contributed by atoms with Crippen molar-refractivity contribution in [2.45, 2.75) is 46.3 Å². The molecule has 0 aliphatic carbocycles. The number of aliphatic hydroxyl groups is 1. The summed E-state index contributed by atoms with van der Waals surface area (Å²) in [6, 6.07) is 11.6. The molecular formula is C22H34IN3O3. The van der Waals surface area contributed by atoms with Gasteiger partial charge in [-0.15, -0.1) is 24.0 Å². The third-order valence-electron chi connectivity index (χ3n) is 4.26. The van der Waals surface area contributed by atoms with Crippen LogP contribution in [-0.4, -0.2) is 30.8 Å². The van der Waals surface area contributed by atoms with Gasteiger partial charge in [0.15, 0.2) is 5.96 Å². The lowest BCUT2D eigenvalue weighted by Crippen LogP contribution is -2.40. The van der Waals surface area contributed by atoms with E-state index in [0.717, 1.165) is 17.9 Å². The van der Waals surface area contributed by atoms with Gasteiger partial charge in [0, 0.05) is 6.54 Å². The minimum Gasteiger partial charge on any atom is -0.493 e. The topological polar surface area (TPSA) is 79.0 Å². The number of furan rings is 1. The molecule has 6 nitrogen and oxygen atoms in total. The van der Waals surface area contributed by atoms with Crippen molar-refractivity contribution in [3.63, 3.8) is 0 Å². The molecule has 2 atom stereocenters. The summed E-state index contributed by atoms with van der Waals surface area (Å²) < 4.78 is 11.1. The minimum absolute atomic E-state index is 0. The standard InChI is InChI=1S/C22H33N3O3.HI/c1-6-23-21(24-15-22(5,26)20-8-7-13-27-20)25-17(4)18-9-11-19(12-10-18)28-14-16(2)3;/h7-13,16-17,26H,6,14-15H2,1-5H3,(H2,23,24,25);1H. The molecule has 0 saturated heterocycles. The lowest BCUT2D eigenvalue weighted by molar-refractivity contribution is 0.0437. The highest BCUT2D eigenvalue weighted by atomic mass is 127. The molecule has 0 aliphatic heterocycles. The van der Waals surface area contributed by atoms with Crippen LogP contribution < -0.4 is 15.4 Å². The number of guanidine groups is 1. The Labute approximate surface area is 191 Å². The number of nitrogens with zero attached hydrogens (tertiary/aromatic N) is 1. The van der Waals surface area contributed by atoms with Gasteiger partial charge >= 0.3 is 0 Å². The van der Waals surface area contributed by atoms with E-state index in [1.54, 1.807) is 25.3 Å². The molecular weight excluding hydrogens is 481 g/mol. The zero-order chi connectivity index (χ0) is 20.6. The second-order valence-corrected chi connectivity index (χ2v) is 7.59. The fourth-order valence-corrected chi connectivity index (χ4v) is 2.62. The van der Waals surface area contributed by atoms with Crippen molar-refractivity contribution >= 4 is 29.9 Å². The molecule has 1 aromatic heterocycles. The van der Waals surface area contributed by atoms with Crippen LogP contribution in [0.2, 0.25) is 0 Å². The molecule has 2 unspecified atom stereocenters. The number of rotatable bonds is 9. The molecule has 29 heavy (non-hydrogen) atoms. The zero-order valence-corrected chi connectivity index (χ0v) is 20.3. The van der Waals surface area contributed by atoms with Crippen LogP contribution in [0.15, 0.2) is 52.1 Å². The fraction of sp³-hybridized carbons (Fsp3) is 0.500. The summed E-state index contributed by atoms with van der Waals surface area (Å²) in [6.07, 6.45) is 1.55.